The number of nitrogens with zero attached hydrogens (tertiary/aromatic N) is 5. The Hall–Kier alpha value is -2.40. The Morgan fingerprint density at radius 1 is 1.31 bits per heavy atom. The van der Waals surface area contributed by atoms with Crippen LogP contribution in [0.2, 0.25) is 0 Å². The molecule has 4 unspecified atom stereocenters. The first-order valence-electron chi connectivity index (χ1n) is 8.53. The third-order valence-electron chi connectivity index (χ3n) is 4.65. The highest BCUT2D eigenvalue weighted by Gasteiger charge is 2.44. The van der Waals surface area contributed by atoms with E-state index in [1.165, 1.54) is 6.33 Å². The van der Waals surface area contributed by atoms with Crippen molar-refractivity contribution >= 4 is 11.2 Å². The molecule has 0 aromatic carbocycles. The van der Waals surface area contributed by atoms with Gasteiger partial charge in [-0.1, -0.05) is 0 Å². The van der Waals surface area contributed by atoms with Gasteiger partial charge < -0.3 is 20.3 Å². The van der Waals surface area contributed by atoms with Crippen molar-refractivity contribution in [1.82, 2.24) is 29.8 Å². The number of rotatable bonds is 6. The van der Waals surface area contributed by atoms with Crippen LogP contribution in [-0.4, -0.2) is 66.1 Å². The molecule has 3 aromatic rings. The highest BCUT2D eigenvalue weighted by molar-refractivity contribution is 5.72. The monoisotopic (exact) mass is 360 g/mol. The number of aliphatic hydroxyl groups excluding tert-OH is 2. The summed E-state index contributed by atoms with van der Waals surface area (Å²) in [6.45, 7) is 3.79. The SMILES string of the molecule is Cc1ncnc2c1ncn2C1OC(CNCC[n+]2cc[nH]c2)C(O)C1O. The summed E-state index contributed by atoms with van der Waals surface area (Å²) in [6.07, 6.45) is 5.36. The Morgan fingerprint density at radius 2 is 2.19 bits per heavy atom. The van der Waals surface area contributed by atoms with E-state index in [9.17, 15) is 10.2 Å². The zero-order chi connectivity index (χ0) is 18.1. The number of fused-ring (bicyclic) bond motifs is 1. The molecule has 4 atom stereocenters. The smallest absolute Gasteiger partial charge is 0.241 e. The van der Waals surface area contributed by atoms with Crippen molar-refractivity contribution in [3.05, 3.63) is 37.1 Å². The number of aromatic nitrogens is 6. The van der Waals surface area contributed by atoms with Crippen LogP contribution < -0.4 is 9.88 Å². The van der Waals surface area contributed by atoms with Gasteiger partial charge in [0.15, 0.2) is 11.9 Å². The van der Waals surface area contributed by atoms with Crippen LogP contribution in [0.15, 0.2) is 31.4 Å². The lowest BCUT2D eigenvalue weighted by Gasteiger charge is -2.16. The first kappa shape index (κ1) is 17.0. The van der Waals surface area contributed by atoms with E-state index < -0.39 is 24.5 Å². The lowest BCUT2D eigenvalue weighted by Crippen LogP contribution is -2.42. The molecule has 0 spiro atoms. The number of hydrogen-bond donors (Lipinski definition) is 4. The maximum Gasteiger partial charge on any atom is 0.241 e. The number of ether oxygens (including phenoxy) is 1. The van der Waals surface area contributed by atoms with Gasteiger partial charge in [-0.2, -0.15) is 0 Å². The fraction of sp³-hybridized carbons (Fsp3) is 0.500. The number of H-pyrrole nitrogens is 1. The fourth-order valence-electron chi connectivity index (χ4n) is 3.19. The molecule has 3 aromatic heterocycles. The van der Waals surface area contributed by atoms with E-state index in [-0.39, 0.29) is 0 Å². The predicted octanol–water partition coefficient (Wildman–Crippen LogP) is -1.34. The van der Waals surface area contributed by atoms with Crippen LogP contribution in [-0.2, 0) is 11.3 Å². The van der Waals surface area contributed by atoms with Gasteiger partial charge in [-0.15, -0.1) is 0 Å². The van der Waals surface area contributed by atoms with Gasteiger partial charge in [0.05, 0.1) is 12.0 Å². The summed E-state index contributed by atoms with van der Waals surface area (Å²) in [4.78, 5) is 15.6. The fourth-order valence-corrected chi connectivity index (χ4v) is 3.19. The van der Waals surface area contributed by atoms with E-state index in [1.54, 1.807) is 10.9 Å². The lowest BCUT2D eigenvalue weighted by molar-refractivity contribution is -0.693. The first-order valence-corrected chi connectivity index (χ1v) is 8.53. The molecule has 10 heteroatoms. The third kappa shape index (κ3) is 3.07. The molecule has 0 radical (unpaired) electrons. The van der Waals surface area contributed by atoms with Crippen LogP contribution in [0, 0.1) is 6.92 Å². The molecule has 1 saturated heterocycles. The summed E-state index contributed by atoms with van der Waals surface area (Å²) in [7, 11) is 0. The number of nitrogens with one attached hydrogen (secondary N) is 2. The highest BCUT2D eigenvalue weighted by Crippen LogP contribution is 2.31. The molecule has 4 N–H and O–H groups in total. The summed E-state index contributed by atoms with van der Waals surface area (Å²) in [5, 5.41) is 24.0. The average molecular weight is 360 g/mol. The summed E-state index contributed by atoms with van der Waals surface area (Å²) in [5.41, 5.74) is 1.98. The minimum Gasteiger partial charge on any atom is -0.387 e. The molecule has 26 heavy (non-hydrogen) atoms. The Balaban J connectivity index is 1.41. The standard InChI is InChI=1S/C16H21N7O3/c1-10-12-15(20-7-19-10)23(9-21-12)16-14(25)13(24)11(26-16)6-17-2-4-22-5-3-18-8-22/h3,5,7-9,11,13-14,16-17,24-25H,2,4,6H2,1H3/p+1. The number of aromatic amines is 1. The molecule has 4 rings (SSSR count). The van der Waals surface area contributed by atoms with Crippen molar-refractivity contribution < 1.29 is 19.5 Å². The normalized spacial score (nSPS) is 26.0. The van der Waals surface area contributed by atoms with E-state index in [2.05, 4.69) is 25.3 Å². The average Bonchev–Trinajstić information content (AvgIpc) is 3.35. The predicted molar refractivity (Wildman–Crippen MR) is 89.8 cm³/mol. The van der Waals surface area contributed by atoms with Gasteiger partial charge in [0.1, 0.15) is 49.1 Å². The quantitative estimate of drug-likeness (QED) is 0.317. The molecule has 0 amide bonds. The zero-order valence-corrected chi connectivity index (χ0v) is 14.4. The minimum atomic E-state index is -1.06. The zero-order valence-electron chi connectivity index (χ0n) is 14.4. The van der Waals surface area contributed by atoms with Gasteiger partial charge >= 0.3 is 0 Å². The van der Waals surface area contributed by atoms with E-state index in [4.69, 9.17) is 4.74 Å². The van der Waals surface area contributed by atoms with E-state index >= 15 is 0 Å². The Labute approximate surface area is 149 Å². The number of aliphatic hydroxyl groups is 2. The lowest BCUT2D eigenvalue weighted by atomic mass is 10.1. The van der Waals surface area contributed by atoms with Gasteiger partial charge in [0.2, 0.25) is 6.33 Å². The van der Waals surface area contributed by atoms with Crippen molar-refractivity contribution in [2.75, 3.05) is 13.1 Å². The molecular weight excluding hydrogens is 338 g/mol. The molecule has 1 fully saturated rings. The Morgan fingerprint density at radius 3 is 3.00 bits per heavy atom. The molecule has 4 heterocycles. The van der Waals surface area contributed by atoms with Crippen LogP contribution in [0.1, 0.15) is 11.9 Å². The molecule has 1 aliphatic rings. The molecule has 0 saturated carbocycles. The van der Waals surface area contributed by atoms with Gasteiger partial charge in [-0.05, 0) is 6.92 Å². The van der Waals surface area contributed by atoms with Gasteiger partial charge in [0.25, 0.3) is 0 Å². The van der Waals surface area contributed by atoms with Crippen molar-refractivity contribution in [1.29, 1.82) is 0 Å². The molecule has 0 bridgehead atoms. The largest absolute Gasteiger partial charge is 0.387 e. The van der Waals surface area contributed by atoms with Crippen molar-refractivity contribution in [3.63, 3.8) is 0 Å². The second-order valence-corrected chi connectivity index (χ2v) is 6.38. The van der Waals surface area contributed by atoms with Crippen molar-refractivity contribution in [3.8, 4) is 0 Å². The van der Waals surface area contributed by atoms with Crippen molar-refractivity contribution in [2.45, 2.75) is 38.0 Å². The molecule has 0 aliphatic carbocycles. The number of hydrogen-bond acceptors (Lipinski definition) is 7. The molecular formula is C16H22N7O3+. The summed E-state index contributed by atoms with van der Waals surface area (Å²) in [6, 6.07) is 0. The first-order chi connectivity index (χ1) is 12.6. The topological polar surface area (TPSA) is 125 Å². The van der Waals surface area contributed by atoms with Gasteiger partial charge in [0, 0.05) is 13.1 Å². The Bertz CT molecular complexity index is 866. The Kier molecular flexibility index (Phi) is 4.64. The van der Waals surface area contributed by atoms with Crippen LogP contribution in [0.5, 0.6) is 0 Å². The highest BCUT2D eigenvalue weighted by atomic mass is 16.6. The summed E-state index contributed by atoms with van der Waals surface area (Å²) in [5.74, 6) is 0. The molecule has 138 valence electrons. The number of imidazole rings is 2. The second kappa shape index (κ2) is 7.08. The summed E-state index contributed by atoms with van der Waals surface area (Å²) >= 11 is 0. The molecule has 1 aliphatic heterocycles. The minimum absolute atomic E-state index is 0.431. The van der Waals surface area contributed by atoms with Crippen LogP contribution in [0.4, 0.5) is 0 Å². The second-order valence-electron chi connectivity index (χ2n) is 6.38. The van der Waals surface area contributed by atoms with Crippen LogP contribution >= 0.6 is 0 Å². The maximum absolute atomic E-state index is 10.4. The van der Waals surface area contributed by atoms with E-state index in [0.717, 1.165) is 18.8 Å². The maximum atomic E-state index is 10.4. The van der Waals surface area contributed by atoms with Crippen LogP contribution in [0.25, 0.3) is 11.2 Å². The van der Waals surface area contributed by atoms with Gasteiger partial charge in [-0.3, -0.25) is 9.55 Å². The van der Waals surface area contributed by atoms with Crippen LogP contribution in [0.3, 0.4) is 0 Å². The van der Waals surface area contributed by atoms with Crippen molar-refractivity contribution in [2.24, 2.45) is 0 Å². The van der Waals surface area contributed by atoms with E-state index in [0.29, 0.717) is 17.7 Å². The van der Waals surface area contributed by atoms with E-state index in [1.807, 2.05) is 30.2 Å². The third-order valence-corrected chi connectivity index (χ3v) is 4.65. The molecule has 10 nitrogen and oxygen atoms in total. The number of aryl methyl sites for hydroxylation is 1. The van der Waals surface area contributed by atoms with Gasteiger partial charge in [-0.25, -0.2) is 19.5 Å². The summed E-state index contributed by atoms with van der Waals surface area (Å²) < 4.78 is 9.56.